The Morgan fingerprint density at radius 2 is 2.00 bits per heavy atom. The van der Waals surface area contributed by atoms with Crippen LogP contribution < -0.4 is 4.46 Å². The summed E-state index contributed by atoms with van der Waals surface area (Å²) >= 11 is -0.0442. The zero-order valence-electron chi connectivity index (χ0n) is 8.77. The Balaban J connectivity index is 1.95. The monoisotopic (exact) mass is 266 g/mol. The van der Waals surface area contributed by atoms with Crippen molar-refractivity contribution in [2.45, 2.75) is 19.8 Å². The average molecular weight is 265 g/mol. The van der Waals surface area contributed by atoms with E-state index < -0.39 is 0 Å². The van der Waals surface area contributed by atoms with Crippen molar-refractivity contribution in [3.8, 4) is 0 Å². The molecule has 0 spiro atoms. The van der Waals surface area contributed by atoms with Crippen molar-refractivity contribution < 1.29 is 4.79 Å². The first kappa shape index (κ1) is 10.7. The molecule has 2 heteroatoms. The molecule has 0 saturated heterocycles. The summed E-state index contributed by atoms with van der Waals surface area (Å²) in [6.07, 6.45) is 4.40. The van der Waals surface area contributed by atoms with E-state index in [-0.39, 0.29) is 19.6 Å². The van der Waals surface area contributed by atoms with Crippen LogP contribution in [-0.2, 0) is 4.79 Å². The van der Waals surface area contributed by atoms with Gasteiger partial charge in [0.15, 0.2) is 0 Å². The van der Waals surface area contributed by atoms with Crippen LogP contribution in [0.3, 0.4) is 0 Å². The fourth-order valence-corrected chi connectivity index (χ4v) is 3.09. The van der Waals surface area contributed by atoms with E-state index in [0.717, 1.165) is 4.46 Å². The van der Waals surface area contributed by atoms with Crippen LogP contribution in [0, 0.1) is 5.92 Å². The molecule has 0 aliphatic heterocycles. The minimum atomic E-state index is -0.0442. The van der Waals surface area contributed by atoms with E-state index in [2.05, 4.69) is 6.92 Å². The van der Waals surface area contributed by atoms with Gasteiger partial charge in [-0.15, -0.1) is 0 Å². The Bertz CT molecular complexity index is 377. The van der Waals surface area contributed by atoms with Gasteiger partial charge >= 0.3 is 96.6 Å². The van der Waals surface area contributed by atoms with Gasteiger partial charge in [0.05, 0.1) is 0 Å². The van der Waals surface area contributed by atoms with Gasteiger partial charge in [-0.3, -0.25) is 0 Å². The van der Waals surface area contributed by atoms with E-state index in [4.69, 9.17) is 0 Å². The molecule has 15 heavy (non-hydrogen) atoms. The second kappa shape index (κ2) is 4.78. The zero-order chi connectivity index (χ0) is 10.7. The van der Waals surface area contributed by atoms with Gasteiger partial charge < -0.3 is 0 Å². The summed E-state index contributed by atoms with van der Waals surface area (Å²) in [5.74, 6) is 0.709. The van der Waals surface area contributed by atoms with Gasteiger partial charge in [-0.25, -0.2) is 0 Å². The van der Waals surface area contributed by atoms with Gasteiger partial charge in [0.25, 0.3) is 0 Å². The number of hydrogen-bond donors (Lipinski definition) is 0. The third-order valence-corrected chi connectivity index (χ3v) is 4.26. The maximum absolute atomic E-state index is 11.7. The van der Waals surface area contributed by atoms with Crippen LogP contribution >= 0.6 is 0 Å². The van der Waals surface area contributed by atoms with Crippen molar-refractivity contribution in [1.82, 2.24) is 0 Å². The predicted molar refractivity (Wildman–Crippen MR) is 63.3 cm³/mol. The fraction of sp³-hybridized carbons (Fsp3) is 0.308. The summed E-state index contributed by atoms with van der Waals surface area (Å²) in [7, 11) is 0. The summed E-state index contributed by atoms with van der Waals surface area (Å²) < 4.78 is 1.45. The first-order valence-electron chi connectivity index (χ1n) is 5.21. The number of rotatable bonds is 4. The molecule has 1 aliphatic rings. The fourth-order valence-electron chi connectivity index (χ4n) is 1.48. The molecule has 78 valence electrons. The third kappa shape index (κ3) is 3.33. The Morgan fingerprint density at radius 1 is 1.33 bits per heavy atom. The van der Waals surface area contributed by atoms with E-state index in [9.17, 15) is 4.79 Å². The summed E-state index contributed by atoms with van der Waals surface area (Å²) in [4.78, 5) is 11.7. The molecular formula is C13H14OSe. The minimum absolute atomic E-state index is 0.0442. The molecule has 0 heterocycles. The average Bonchev–Trinajstić information content (AvgIpc) is 3.01. The number of carbonyl (C=O) groups is 1. The molecule has 0 N–H and O–H groups in total. The molecule has 0 atom stereocenters. The first-order chi connectivity index (χ1) is 7.25. The van der Waals surface area contributed by atoms with E-state index in [0.29, 0.717) is 5.92 Å². The van der Waals surface area contributed by atoms with Crippen LogP contribution in [0.4, 0.5) is 0 Å². The molecule has 1 nitrogen and oxygen atoms in total. The van der Waals surface area contributed by atoms with Crippen molar-refractivity contribution in [2.24, 2.45) is 5.92 Å². The summed E-state index contributed by atoms with van der Waals surface area (Å²) in [5, 5.41) is 0. The predicted octanol–water partition coefficient (Wildman–Crippen LogP) is 1.90. The van der Waals surface area contributed by atoms with Gasteiger partial charge in [0.2, 0.25) is 0 Å². The van der Waals surface area contributed by atoms with Crippen LogP contribution in [0.25, 0.3) is 0 Å². The van der Waals surface area contributed by atoms with Gasteiger partial charge in [-0.1, -0.05) is 0 Å². The number of carbonyl (C=O) groups excluding carboxylic acids is 1. The van der Waals surface area contributed by atoms with Gasteiger partial charge in [0.1, 0.15) is 0 Å². The summed E-state index contributed by atoms with van der Waals surface area (Å²) in [6.45, 7) is 2.08. The maximum atomic E-state index is 11.7. The Hall–Kier alpha value is -0.851. The van der Waals surface area contributed by atoms with Crippen LogP contribution in [-0.4, -0.2) is 19.6 Å². The van der Waals surface area contributed by atoms with Crippen molar-refractivity contribution in [3.63, 3.8) is 0 Å². The van der Waals surface area contributed by atoms with E-state index in [1.807, 2.05) is 36.4 Å². The second-order valence-corrected chi connectivity index (χ2v) is 6.16. The molecule has 1 saturated carbocycles. The first-order valence-corrected chi connectivity index (χ1v) is 6.92. The summed E-state index contributed by atoms with van der Waals surface area (Å²) in [5.41, 5.74) is 1.28. The molecule has 1 fully saturated rings. The van der Waals surface area contributed by atoms with Gasteiger partial charge in [0, 0.05) is 0 Å². The molecule has 1 aromatic rings. The van der Waals surface area contributed by atoms with E-state index in [1.54, 1.807) is 0 Å². The number of hydrogen-bond acceptors (Lipinski definition) is 1. The van der Waals surface area contributed by atoms with Crippen molar-refractivity contribution in [3.05, 3.63) is 42.0 Å². The molecule has 1 aliphatic carbocycles. The quantitative estimate of drug-likeness (QED) is 0.600. The molecule has 0 aromatic heterocycles. The Labute approximate surface area is 96.7 Å². The van der Waals surface area contributed by atoms with Gasteiger partial charge in [-0.05, 0) is 0 Å². The van der Waals surface area contributed by atoms with Crippen LogP contribution in [0.2, 0.25) is 0 Å². The van der Waals surface area contributed by atoms with Crippen molar-refractivity contribution in [2.75, 3.05) is 0 Å². The molecule has 1 aromatic carbocycles. The zero-order valence-corrected chi connectivity index (χ0v) is 10.5. The standard InChI is InChI=1S/C13H14OSe/c1-10(11-7-8-11)9-13(14)15-12-5-3-2-4-6-12/h2-6,9,11H,7-8H2,1H3/b10-9+. The normalized spacial score (nSPS) is 16.5. The SMILES string of the molecule is C/C(=C\C(=O)[Se]c1ccccc1)C1CC1. The molecule has 0 amide bonds. The third-order valence-electron chi connectivity index (χ3n) is 2.53. The molecule has 0 bridgehead atoms. The van der Waals surface area contributed by atoms with Crippen LogP contribution in [0.15, 0.2) is 42.0 Å². The molecular weight excluding hydrogens is 251 g/mol. The summed E-state index contributed by atoms with van der Waals surface area (Å²) in [6, 6.07) is 10.0. The second-order valence-electron chi connectivity index (χ2n) is 3.90. The number of allylic oxidation sites excluding steroid dienone is 2. The molecule has 0 radical (unpaired) electrons. The van der Waals surface area contributed by atoms with Gasteiger partial charge in [-0.2, -0.15) is 0 Å². The van der Waals surface area contributed by atoms with Crippen LogP contribution in [0.5, 0.6) is 0 Å². The molecule has 2 rings (SSSR count). The van der Waals surface area contributed by atoms with E-state index in [1.165, 1.54) is 18.4 Å². The molecule has 0 unspecified atom stereocenters. The van der Waals surface area contributed by atoms with Crippen molar-refractivity contribution >= 4 is 24.1 Å². The van der Waals surface area contributed by atoms with E-state index >= 15 is 0 Å². The van der Waals surface area contributed by atoms with Crippen molar-refractivity contribution in [1.29, 1.82) is 0 Å². The Kier molecular flexibility index (Phi) is 3.40. The number of benzene rings is 1. The Morgan fingerprint density at radius 3 is 2.60 bits per heavy atom. The topological polar surface area (TPSA) is 17.1 Å². The van der Waals surface area contributed by atoms with Crippen LogP contribution in [0.1, 0.15) is 19.8 Å².